The number of sulfonamides is 1. The smallest absolute Gasteiger partial charge is 0.207 e. The summed E-state index contributed by atoms with van der Waals surface area (Å²) in [4.78, 5) is 0.0168. The minimum absolute atomic E-state index is 0.0168. The van der Waals surface area contributed by atoms with Crippen molar-refractivity contribution in [3.8, 4) is 6.07 Å². The van der Waals surface area contributed by atoms with Gasteiger partial charge in [0.15, 0.2) is 0 Å². The van der Waals surface area contributed by atoms with E-state index in [1.165, 1.54) is 22.5 Å². The number of nitriles is 1. The second-order valence-electron chi connectivity index (χ2n) is 5.25. The molecule has 102 valence electrons. The molecule has 0 bridgehead atoms. The average Bonchev–Trinajstić information content (AvgIpc) is 2.70. The lowest BCUT2D eigenvalue weighted by atomic mass is 10.0. The Hall–Kier alpha value is -1.09. The van der Waals surface area contributed by atoms with Crippen molar-refractivity contribution in [1.82, 2.24) is 4.31 Å². The van der Waals surface area contributed by atoms with E-state index in [9.17, 15) is 8.42 Å². The Morgan fingerprint density at radius 3 is 2.63 bits per heavy atom. The summed E-state index contributed by atoms with van der Waals surface area (Å²) >= 11 is 5.99. The van der Waals surface area contributed by atoms with E-state index < -0.39 is 15.6 Å². The molecule has 1 fully saturated rings. The molecule has 1 aromatic rings. The molecule has 0 radical (unpaired) electrons. The molecule has 0 amide bonds. The van der Waals surface area contributed by atoms with Crippen molar-refractivity contribution in [1.29, 1.82) is 5.26 Å². The molecule has 0 saturated carbocycles. The molecule has 4 nitrogen and oxygen atoms in total. The van der Waals surface area contributed by atoms with Gasteiger partial charge in [0.1, 0.15) is 4.90 Å². The van der Waals surface area contributed by atoms with Gasteiger partial charge in [0.05, 0.1) is 16.7 Å². The van der Waals surface area contributed by atoms with Gasteiger partial charge in [-0.25, -0.2) is 8.42 Å². The SMILES string of the molecule is CC1(C)CCCN1S(=O)(=O)c1cc(C#N)ccc1Cl. The topological polar surface area (TPSA) is 61.2 Å². The molecule has 1 aliphatic heterocycles. The van der Waals surface area contributed by atoms with Crippen LogP contribution in [0, 0.1) is 11.3 Å². The third-order valence-corrected chi connectivity index (χ3v) is 6.05. The first-order valence-corrected chi connectivity index (χ1v) is 7.83. The van der Waals surface area contributed by atoms with Crippen molar-refractivity contribution in [2.75, 3.05) is 6.54 Å². The molecule has 1 aromatic carbocycles. The van der Waals surface area contributed by atoms with Gasteiger partial charge in [0, 0.05) is 12.1 Å². The molecular formula is C13H15ClN2O2S. The van der Waals surface area contributed by atoms with Gasteiger partial charge in [-0.15, -0.1) is 0 Å². The number of hydrogen-bond acceptors (Lipinski definition) is 3. The summed E-state index contributed by atoms with van der Waals surface area (Å²) in [5.41, 5.74) is -0.120. The van der Waals surface area contributed by atoms with E-state index in [4.69, 9.17) is 16.9 Å². The zero-order valence-corrected chi connectivity index (χ0v) is 12.4. The Labute approximate surface area is 118 Å². The highest BCUT2D eigenvalue weighted by molar-refractivity contribution is 7.89. The van der Waals surface area contributed by atoms with E-state index in [0.717, 1.165) is 12.8 Å². The quantitative estimate of drug-likeness (QED) is 0.843. The summed E-state index contributed by atoms with van der Waals surface area (Å²) in [5, 5.41) is 9.04. The van der Waals surface area contributed by atoms with Crippen LogP contribution in [0.25, 0.3) is 0 Å². The van der Waals surface area contributed by atoms with E-state index in [1.54, 1.807) is 0 Å². The zero-order valence-electron chi connectivity index (χ0n) is 10.9. The number of hydrogen-bond donors (Lipinski definition) is 0. The third kappa shape index (κ3) is 2.48. The van der Waals surface area contributed by atoms with Crippen LogP contribution in [0.15, 0.2) is 23.1 Å². The van der Waals surface area contributed by atoms with Crippen LogP contribution in [0.4, 0.5) is 0 Å². The largest absolute Gasteiger partial charge is 0.245 e. The maximum Gasteiger partial charge on any atom is 0.245 e. The minimum Gasteiger partial charge on any atom is -0.207 e. The molecule has 1 saturated heterocycles. The zero-order chi connectivity index (χ0) is 14.3. The van der Waals surface area contributed by atoms with Crippen LogP contribution < -0.4 is 0 Å². The van der Waals surface area contributed by atoms with E-state index in [1.807, 2.05) is 19.9 Å². The van der Waals surface area contributed by atoms with Crippen molar-refractivity contribution in [2.45, 2.75) is 37.1 Å². The Balaban J connectivity index is 2.55. The van der Waals surface area contributed by atoms with Crippen molar-refractivity contribution < 1.29 is 8.42 Å². The molecule has 0 aromatic heterocycles. The molecule has 0 spiro atoms. The molecule has 0 aliphatic carbocycles. The predicted octanol–water partition coefficient (Wildman–Crippen LogP) is 2.77. The maximum absolute atomic E-state index is 12.7. The maximum atomic E-state index is 12.7. The van der Waals surface area contributed by atoms with Crippen LogP contribution >= 0.6 is 11.6 Å². The first kappa shape index (κ1) is 14.3. The van der Waals surface area contributed by atoms with Gasteiger partial charge in [-0.05, 0) is 44.9 Å². The van der Waals surface area contributed by atoms with Crippen LogP contribution in [0.1, 0.15) is 32.3 Å². The highest BCUT2D eigenvalue weighted by atomic mass is 35.5. The molecular weight excluding hydrogens is 284 g/mol. The Kier molecular flexibility index (Phi) is 3.61. The Bertz CT molecular complexity index is 647. The third-order valence-electron chi connectivity index (χ3n) is 3.45. The fourth-order valence-electron chi connectivity index (χ4n) is 2.42. The number of benzene rings is 1. The lowest BCUT2D eigenvalue weighted by Crippen LogP contribution is -2.42. The monoisotopic (exact) mass is 298 g/mol. The Morgan fingerprint density at radius 1 is 1.42 bits per heavy atom. The second kappa shape index (κ2) is 4.78. The summed E-state index contributed by atoms with van der Waals surface area (Å²) < 4.78 is 26.8. The minimum atomic E-state index is -3.66. The fraction of sp³-hybridized carbons (Fsp3) is 0.462. The van der Waals surface area contributed by atoms with Crippen LogP contribution in [0.2, 0.25) is 5.02 Å². The highest BCUT2D eigenvalue weighted by Gasteiger charge is 2.41. The molecule has 6 heteroatoms. The van der Waals surface area contributed by atoms with Crippen LogP contribution in [0.3, 0.4) is 0 Å². The number of rotatable bonds is 2. The van der Waals surface area contributed by atoms with Crippen molar-refractivity contribution in [2.24, 2.45) is 0 Å². The molecule has 19 heavy (non-hydrogen) atoms. The molecule has 2 rings (SSSR count). The van der Waals surface area contributed by atoms with Gasteiger partial charge >= 0.3 is 0 Å². The summed E-state index contributed by atoms with van der Waals surface area (Å²) in [6.07, 6.45) is 1.66. The van der Waals surface area contributed by atoms with E-state index >= 15 is 0 Å². The molecule has 0 N–H and O–H groups in total. The molecule has 0 atom stereocenters. The van der Waals surface area contributed by atoms with Crippen molar-refractivity contribution in [3.05, 3.63) is 28.8 Å². The highest BCUT2D eigenvalue weighted by Crippen LogP contribution is 2.36. The van der Waals surface area contributed by atoms with E-state index in [0.29, 0.717) is 12.1 Å². The fourth-order valence-corrected chi connectivity index (χ4v) is 4.77. The van der Waals surface area contributed by atoms with Gasteiger partial charge in [0.2, 0.25) is 10.0 Å². The molecule has 1 heterocycles. The van der Waals surface area contributed by atoms with Gasteiger partial charge < -0.3 is 0 Å². The number of halogens is 1. The van der Waals surface area contributed by atoms with E-state index in [2.05, 4.69) is 0 Å². The second-order valence-corrected chi connectivity index (χ2v) is 7.49. The first-order valence-electron chi connectivity index (χ1n) is 6.01. The van der Waals surface area contributed by atoms with Gasteiger partial charge in [0.25, 0.3) is 0 Å². The lowest BCUT2D eigenvalue weighted by Gasteiger charge is -2.30. The van der Waals surface area contributed by atoms with Crippen molar-refractivity contribution in [3.63, 3.8) is 0 Å². The number of nitrogens with zero attached hydrogens (tertiary/aromatic N) is 2. The average molecular weight is 299 g/mol. The predicted molar refractivity (Wildman–Crippen MR) is 73.4 cm³/mol. The van der Waals surface area contributed by atoms with E-state index in [-0.39, 0.29) is 9.92 Å². The van der Waals surface area contributed by atoms with Crippen molar-refractivity contribution >= 4 is 21.6 Å². The Morgan fingerprint density at radius 2 is 2.11 bits per heavy atom. The summed E-state index contributed by atoms with van der Waals surface area (Å²) in [5.74, 6) is 0. The van der Waals surface area contributed by atoms with Crippen LogP contribution in [-0.2, 0) is 10.0 Å². The molecule has 1 aliphatic rings. The standard InChI is InChI=1S/C13H15ClN2O2S/c1-13(2)6-3-7-16(13)19(17,18)12-8-10(9-15)4-5-11(12)14/h4-5,8H,3,6-7H2,1-2H3. The summed E-state index contributed by atoms with van der Waals surface area (Å²) in [7, 11) is -3.66. The van der Waals surface area contributed by atoms with Gasteiger partial charge in [-0.2, -0.15) is 9.57 Å². The lowest BCUT2D eigenvalue weighted by molar-refractivity contribution is 0.292. The van der Waals surface area contributed by atoms with Gasteiger partial charge in [-0.3, -0.25) is 0 Å². The van der Waals surface area contributed by atoms with Crippen LogP contribution in [0.5, 0.6) is 0 Å². The van der Waals surface area contributed by atoms with Crippen LogP contribution in [-0.4, -0.2) is 24.8 Å². The first-order chi connectivity index (χ1) is 8.79. The normalized spacial score (nSPS) is 19.3. The van der Waals surface area contributed by atoms with Gasteiger partial charge in [-0.1, -0.05) is 11.6 Å². The summed E-state index contributed by atoms with van der Waals surface area (Å²) in [6, 6.07) is 6.24. The summed E-state index contributed by atoms with van der Waals surface area (Å²) in [6.45, 7) is 4.29. The molecule has 0 unspecified atom stereocenters.